The molecule has 0 saturated heterocycles. The number of hydrogen-bond donors (Lipinski definition) is 2. The van der Waals surface area contributed by atoms with Crippen LogP contribution < -0.4 is 0 Å². The molecule has 3 nitrogen and oxygen atoms in total. The van der Waals surface area contributed by atoms with Crippen LogP contribution in [0.2, 0.25) is 0 Å². The minimum Gasteiger partial charge on any atom is -0.481 e. The van der Waals surface area contributed by atoms with Gasteiger partial charge in [-0.1, -0.05) is 12.1 Å². The van der Waals surface area contributed by atoms with E-state index in [1.54, 1.807) is 13.8 Å². The zero-order chi connectivity index (χ0) is 12.3. The van der Waals surface area contributed by atoms with Gasteiger partial charge in [-0.15, -0.1) is 0 Å². The van der Waals surface area contributed by atoms with Crippen molar-refractivity contribution >= 4 is 28.6 Å². The number of benzene rings is 1. The zero-order valence-electron chi connectivity index (χ0n) is 9.27. The maximum Gasteiger partial charge on any atom is 0.309 e. The van der Waals surface area contributed by atoms with Crippen molar-refractivity contribution < 1.29 is 15.0 Å². The SMILES string of the molecule is CC(C)(CC(O)c1ccc(I)cc1)C(=O)O. The molecule has 88 valence electrons. The van der Waals surface area contributed by atoms with Crippen LogP contribution >= 0.6 is 22.6 Å². The molecule has 1 unspecified atom stereocenters. The Bertz CT molecular complexity index is 370. The Morgan fingerprint density at radius 2 is 1.88 bits per heavy atom. The summed E-state index contributed by atoms with van der Waals surface area (Å²) in [5.74, 6) is -0.892. The van der Waals surface area contributed by atoms with Gasteiger partial charge in [0.15, 0.2) is 0 Å². The molecule has 0 heterocycles. The van der Waals surface area contributed by atoms with Crippen molar-refractivity contribution in [3.05, 3.63) is 33.4 Å². The van der Waals surface area contributed by atoms with E-state index in [1.165, 1.54) is 0 Å². The summed E-state index contributed by atoms with van der Waals surface area (Å²) in [6.07, 6.45) is -0.522. The Hall–Kier alpha value is -0.620. The van der Waals surface area contributed by atoms with Crippen LogP contribution in [-0.2, 0) is 4.79 Å². The maximum absolute atomic E-state index is 10.9. The van der Waals surface area contributed by atoms with Gasteiger partial charge in [0.05, 0.1) is 11.5 Å². The van der Waals surface area contributed by atoms with E-state index in [9.17, 15) is 9.90 Å². The molecule has 0 spiro atoms. The van der Waals surface area contributed by atoms with Gasteiger partial charge >= 0.3 is 5.97 Å². The summed E-state index contributed by atoms with van der Waals surface area (Å²) >= 11 is 2.18. The van der Waals surface area contributed by atoms with Crippen molar-refractivity contribution in [3.8, 4) is 0 Å². The van der Waals surface area contributed by atoms with Crippen molar-refractivity contribution in [2.24, 2.45) is 5.41 Å². The van der Waals surface area contributed by atoms with Crippen molar-refractivity contribution in [1.29, 1.82) is 0 Å². The number of halogens is 1. The molecule has 0 fully saturated rings. The molecule has 2 N–H and O–H groups in total. The van der Waals surface area contributed by atoms with Gasteiger partial charge in [-0.3, -0.25) is 4.79 Å². The topological polar surface area (TPSA) is 57.5 Å². The van der Waals surface area contributed by atoms with Crippen LogP contribution in [0, 0.1) is 8.99 Å². The second kappa shape index (κ2) is 5.14. The predicted molar refractivity (Wildman–Crippen MR) is 70.2 cm³/mol. The van der Waals surface area contributed by atoms with Crippen LogP contribution in [-0.4, -0.2) is 16.2 Å². The number of rotatable bonds is 4. The van der Waals surface area contributed by atoms with E-state index < -0.39 is 17.5 Å². The molecule has 0 aromatic heterocycles. The molecule has 0 bridgehead atoms. The van der Waals surface area contributed by atoms with Gasteiger partial charge in [0, 0.05) is 3.57 Å². The third-order valence-corrected chi connectivity index (χ3v) is 3.26. The Kier molecular flexibility index (Phi) is 4.32. The molecule has 16 heavy (non-hydrogen) atoms. The molecule has 0 aliphatic rings. The lowest BCUT2D eigenvalue weighted by Gasteiger charge is -2.22. The monoisotopic (exact) mass is 334 g/mol. The number of aliphatic hydroxyl groups is 1. The highest BCUT2D eigenvalue weighted by atomic mass is 127. The Labute approximate surface area is 109 Å². The Morgan fingerprint density at radius 3 is 2.31 bits per heavy atom. The van der Waals surface area contributed by atoms with E-state index in [1.807, 2.05) is 24.3 Å². The molecule has 1 aromatic carbocycles. The van der Waals surface area contributed by atoms with Crippen molar-refractivity contribution in [3.63, 3.8) is 0 Å². The number of aliphatic carboxylic acids is 1. The molecule has 0 aliphatic carbocycles. The number of aliphatic hydroxyl groups excluding tert-OH is 1. The summed E-state index contributed by atoms with van der Waals surface area (Å²) in [5, 5.41) is 18.9. The average Bonchev–Trinajstić information content (AvgIpc) is 2.17. The lowest BCUT2D eigenvalue weighted by molar-refractivity contribution is -0.148. The van der Waals surface area contributed by atoms with Gasteiger partial charge in [0.1, 0.15) is 0 Å². The largest absolute Gasteiger partial charge is 0.481 e. The fourth-order valence-electron chi connectivity index (χ4n) is 1.37. The number of carboxylic acid groups (broad SMARTS) is 1. The number of carboxylic acids is 1. The molecular formula is C12H15IO3. The highest BCUT2D eigenvalue weighted by Gasteiger charge is 2.30. The molecule has 4 heteroatoms. The lowest BCUT2D eigenvalue weighted by atomic mass is 9.85. The minimum absolute atomic E-state index is 0.211. The van der Waals surface area contributed by atoms with Crippen LogP contribution in [0.5, 0.6) is 0 Å². The van der Waals surface area contributed by atoms with E-state index >= 15 is 0 Å². The van der Waals surface area contributed by atoms with E-state index in [0.29, 0.717) is 0 Å². The summed E-state index contributed by atoms with van der Waals surface area (Å²) < 4.78 is 1.09. The third-order valence-electron chi connectivity index (χ3n) is 2.54. The molecule has 1 rings (SSSR count). The minimum atomic E-state index is -0.914. The molecule has 0 aliphatic heterocycles. The first-order chi connectivity index (χ1) is 7.33. The second-order valence-electron chi connectivity index (χ2n) is 4.46. The molecular weight excluding hydrogens is 319 g/mol. The first-order valence-electron chi connectivity index (χ1n) is 5.00. The standard InChI is InChI=1S/C12H15IO3/c1-12(2,11(15)16)7-10(14)8-3-5-9(13)6-4-8/h3-6,10,14H,7H2,1-2H3,(H,15,16). The summed E-state index contributed by atoms with van der Waals surface area (Å²) in [6, 6.07) is 7.44. The molecule has 1 aromatic rings. The van der Waals surface area contributed by atoms with Crippen LogP contribution in [0.15, 0.2) is 24.3 Å². The zero-order valence-corrected chi connectivity index (χ0v) is 11.4. The summed E-state index contributed by atoms with van der Waals surface area (Å²) in [4.78, 5) is 10.9. The molecule has 0 amide bonds. The van der Waals surface area contributed by atoms with Gasteiger partial charge in [-0.2, -0.15) is 0 Å². The van der Waals surface area contributed by atoms with E-state index in [2.05, 4.69) is 22.6 Å². The van der Waals surface area contributed by atoms with Gasteiger partial charge in [0.2, 0.25) is 0 Å². The first-order valence-corrected chi connectivity index (χ1v) is 6.08. The quantitative estimate of drug-likeness (QED) is 0.833. The fourth-order valence-corrected chi connectivity index (χ4v) is 1.73. The normalized spacial score (nSPS) is 13.5. The highest BCUT2D eigenvalue weighted by Crippen LogP contribution is 2.30. The van der Waals surface area contributed by atoms with Crippen molar-refractivity contribution in [2.75, 3.05) is 0 Å². The molecule has 0 radical (unpaired) electrons. The van der Waals surface area contributed by atoms with Crippen molar-refractivity contribution in [2.45, 2.75) is 26.4 Å². The maximum atomic E-state index is 10.9. The van der Waals surface area contributed by atoms with E-state index in [-0.39, 0.29) is 6.42 Å². The predicted octanol–water partition coefficient (Wildman–Crippen LogP) is 2.83. The summed E-state index contributed by atoms with van der Waals surface area (Å²) in [5.41, 5.74) is -0.155. The van der Waals surface area contributed by atoms with Crippen LogP contribution in [0.25, 0.3) is 0 Å². The smallest absolute Gasteiger partial charge is 0.309 e. The summed E-state index contributed by atoms with van der Waals surface area (Å²) in [7, 11) is 0. The summed E-state index contributed by atoms with van der Waals surface area (Å²) in [6.45, 7) is 3.23. The molecule has 1 atom stereocenters. The van der Waals surface area contributed by atoms with Gasteiger partial charge in [0.25, 0.3) is 0 Å². The van der Waals surface area contributed by atoms with Gasteiger partial charge in [-0.25, -0.2) is 0 Å². The van der Waals surface area contributed by atoms with Gasteiger partial charge < -0.3 is 10.2 Å². The Morgan fingerprint density at radius 1 is 1.38 bits per heavy atom. The van der Waals surface area contributed by atoms with Crippen LogP contribution in [0.4, 0.5) is 0 Å². The lowest BCUT2D eigenvalue weighted by Crippen LogP contribution is -2.26. The van der Waals surface area contributed by atoms with Crippen LogP contribution in [0.1, 0.15) is 31.9 Å². The van der Waals surface area contributed by atoms with Crippen molar-refractivity contribution in [1.82, 2.24) is 0 Å². The highest BCUT2D eigenvalue weighted by molar-refractivity contribution is 14.1. The van der Waals surface area contributed by atoms with E-state index in [0.717, 1.165) is 9.13 Å². The third kappa shape index (κ3) is 3.45. The average molecular weight is 334 g/mol. The van der Waals surface area contributed by atoms with E-state index in [4.69, 9.17) is 5.11 Å². The second-order valence-corrected chi connectivity index (χ2v) is 5.71. The molecule has 0 saturated carbocycles. The number of hydrogen-bond acceptors (Lipinski definition) is 2. The van der Waals surface area contributed by atoms with Gasteiger partial charge in [-0.05, 0) is 60.6 Å². The fraction of sp³-hybridized carbons (Fsp3) is 0.417. The number of carbonyl (C=O) groups is 1. The first kappa shape index (κ1) is 13.4. The van der Waals surface area contributed by atoms with Crippen LogP contribution in [0.3, 0.4) is 0 Å². The Balaban J connectivity index is 2.76.